The minimum Gasteiger partial charge on any atom is -0.462 e. The van der Waals surface area contributed by atoms with Gasteiger partial charge in [-0.05, 0) is 24.3 Å². The molecule has 6 nitrogen and oxygen atoms in total. The largest absolute Gasteiger partial charge is 0.462 e. The number of rotatable bonds is 6. The Kier molecular flexibility index (Phi) is 4.96. The van der Waals surface area contributed by atoms with Gasteiger partial charge in [0.25, 0.3) is 0 Å². The number of esters is 1. The molecule has 0 radical (unpaired) electrons. The van der Waals surface area contributed by atoms with Crippen LogP contribution in [0, 0.1) is 6.92 Å². The summed E-state index contributed by atoms with van der Waals surface area (Å²) in [5, 5.41) is 12.4. The van der Waals surface area contributed by atoms with Gasteiger partial charge in [-0.3, -0.25) is 0 Å². The van der Waals surface area contributed by atoms with Gasteiger partial charge in [0.15, 0.2) is 0 Å². The lowest BCUT2D eigenvalue weighted by Crippen LogP contribution is -2.10. The topological polar surface area (TPSA) is 69.9 Å². The van der Waals surface area contributed by atoms with Crippen LogP contribution in [0.3, 0.4) is 0 Å². The van der Waals surface area contributed by atoms with E-state index in [4.69, 9.17) is 4.74 Å². The first-order valence-electron chi connectivity index (χ1n) is 7.79. The summed E-state index contributed by atoms with van der Waals surface area (Å²) in [6.45, 7) is 2.80. The molecule has 0 aliphatic heterocycles. The quantitative estimate of drug-likeness (QED) is 0.515. The number of hydrogen-bond donors (Lipinski definition) is 0. The molecule has 1 heterocycles. The molecule has 0 unspecified atom stereocenters. The molecule has 0 bridgehead atoms. The highest BCUT2D eigenvalue weighted by atomic mass is 16.5. The van der Waals surface area contributed by atoms with Crippen molar-refractivity contribution in [2.45, 2.75) is 19.9 Å². The molecule has 0 saturated carbocycles. The van der Waals surface area contributed by atoms with Crippen LogP contribution in [0.15, 0.2) is 54.6 Å². The lowest BCUT2D eigenvalue weighted by Gasteiger charge is -2.05. The Balaban J connectivity index is 1.47. The number of ether oxygens (including phenoxy) is 1. The molecule has 0 fully saturated rings. The molecule has 0 atom stereocenters. The second-order valence-corrected chi connectivity index (χ2v) is 5.43. The maximum Gasteiger partial charge on any atom is 0.338 e. The van der Waals surface area contributed by atoms with Gasteiger partial charge >= 0.3 is 5.97 Å². The smallest absolute Gasteiger partial charge is 0.338 e. The van der Waals surface area contributed by atoms with Gasteiger partial charge in [-0.1, -0.05) is 48.0 Å². The summed E-state index contributed by atoms with van der Waals surface area (Å²) >= 11 is 0. The van der Waals surface area contributed by atoms with Gasteiger partial charge in [-0.15, -0.1) is 10.2 Å². The number of carbonyl (C=O) groups excluding carboxylic acids is 1. The maximum absolute atomic E-state index is 11.9. The van der Waals surface area contributed by atoms with Crippen molar-refractivity contribution in [2.75, 3.05) is 6.61 Å². The average molecular weight is 322 g/mol. The van der Waals surface area contributed by atoms with Gasteiger partial charge in [0.1, 0.15) is 0 Å². The van der Waals surface area contributed by atoms with Crippen LogP contribution in [0.1, 0.15) is 22.3 Å². The van der Waals surface area contributed by atoms with E-state index in [9.17, 15) is 4.79 Å². The van der Waals surface area contributed by atoms with Crippen LogP contribution in [-0.2, 0) is 11.3 Å². The average Bonchev–Trinajstić information content (AvgIpc) is 3.08. The summed E-state index contributed by atoms with van der Waals surface area (Å²) in [5.74, 6) is 0.280. The number of nitrogens with zero attached hydrogens (tertiary/aromatic N) is 4. The fourth-order valence-corrected chi connectivity index (χ4v) is 2.27. The van der Waals surface area contributed by atoms with Crippen LogP contribution in [0.5, 0.6) is 0 Å². The molecule has 0 spiro atoms. The zero-order valence-corrected chi connectivity index (χ0v) is 13.4. The standard InChI is InChI=1S/C18H18N4O2/c1-14-7-5-10-16(13-14)18(23)24-12-6-11-22-20-17(19-21-22)15-8-3-2-4-9-15/h2-5,7-10,13H,6,11-12H2,1H3. The van der Waals surface area contributed by atoms with Gasteiger partial charge in [-0.2, -0.15) is 4.80 Å². The SMILES string of the molecule is Cc1cccc(C(=O)OCCCn2nnc(-c3ccccc3)n2)c1. The predicted octanol–water partition coefficient (Wildman–Crippen LogP) is 2.90. The summed E-state index contributed by atoms with van der Waals surface area (Å²) in [5.41, 5.74) is 2.53. The molecule has 3 aromatic rings. The van der Waals surface area contributed by atoms with Gasteiger partial charge in [0.05, 0.1) is 18.7 Å². The Morgan fingerprint density at radius 1 is 1.12 bits per heavy atom. The van der Waals surface area contributed by atoms with Crippen LogP contribution in [0.25, 0.3) is 11.4 Å². The Hall–Kier alpha value is -3.02. The second-order valence-electron chi connectivity index (χ2n) is 5.43. The molecule has 0 aliphatic carbocycles. The van der Waals surface area contributed by atoms with E-state index in [1.165, 1.54) is 4.80 Å². The fourth-order valence-electron chi connectivity index (χ4n) is 2.27. The summed E-state index contributed by atoms with van der Waals surface area (Å²) in [4.78, 5) is 13.4. The Bertz CT molecular complexity index is 815. The number of aromatic nitrogens is 4. The van der Waals surface area contributed by atoms with Crippen molar-refractivity contribution < 1.29 is 9.53 Å². The summed E-state index contributed by atoms with van der Waals surface area (Å²) in [6.07, 6.45) is 0.627. The third kappa shape index (κ3) is 4.04. The Morgan fingerprint density at radius 3 is 2.75 bits per heavy atom. The number of benzene rings is 2. The first-order valence-corrected chi connectivity index (χ1v) is 7.79. The van der Waals surface area contributed by atoms with E-state index in [1.807, 2.05) is 55.5 Å². The summed E-state index contributed by atoms with van der Waals surface area (Å²) in [7, 11) is 0. The zero-order chi connectivity index (χ0) is 16.8. The molecule has 0 aliphatic rings. The van der Waals surface area contributed by atoms with Crippen LogP contribution in [0.4, 0.5) is 0 Å². The first-order chi connectivity index (χ1) is 11.7. The van der Waals surface area contributed by atoms with Gasteiger partial charge in [-0.25, -0.2) is 4.79 Å². The summed E-state index contributed by atoms with van der Waals surface area (Å²) in [6, 6.07) is 17.0. The zero-order valence-electron chi connectivity index (χ0n) is 13.4. The van der Waals surface area contributed by atoms with Crippen molar-refractivity contribution in [3.05, 3.63) is 65.7 Å². The number of hydrogen-bond acceptors (Lipinski definition) is 5. The minimum atomic E-state index is -0.310. The van der Waals surface area contributed by atoms with Gasteiger partial charge < -0.3 is 4.74 Å². The van der Waals surface area contributed by atoms with Crippen molar-refractivity contribution in [3.8, 4) is 11.4 Å². The third-order valence-corrected chi connectivity index (χ3v) is 3.47. The fraction of sp³-hybridized carbons (Fsp3) is 0.222. The highest BCUT2D eigenvalue weighted by Crippen LogP contribution is 2.12. The normalized spacial score (nSPS) is 10.5. The molecule has 24 heavy (non-hydrogen) atoms. The van der Waals surface area contributed by atoms with E-state index in [-0.39, 0.29) is 5.97 Å². The van der Waals surface area contributed by atoms with E-state index in [0.717, 1.165) is 11.1 Å². The maximum atomic E-state index is 11.9. The predicted molar refractivity (Wildman–Crippen MR) is 89.3 cm³/mol. The van der Waals surface area contributed by atoms with Crippen molar-refractivity contribution in [1.82, 2.24) is 20.2 Å². The van der Waals surface area contributed by atoms with E-state index in [0.29, 0.717) is 31.0 Å². The molecule has 2 aromatic carbocycles. The lowest BCUT2D eigenvalue weighted by molar-refractivity contribution is 0.0493. The molecule has 6 heteroatoms. The van der Waals surface area contributed by atoms with Crippen LogP contribution < -0.4 is 0 Å². The summed E-state index contributed by atoms with van der Waals surface area (Å²) < 4.78 is 5.27. The van der Waals surface area contributed by atoms with Crippen molar-refractivity contribution in [3.63, 3.8) is 0 Å². The first kappa shape index (κ1) is 15.9. The number of tetrazole rings is 1. The van der Waals surface area contributed by atoms with E-state index < -0.39 is 0 Å². The molecular formula is C18H18N4O2. The van der Waals surface area contributed by atoms with E-state index >= 15 is 0 Å². The highest BCUT2D eigenvalue weighted by molar-refractivity contribution is 5.89. The van der Waals surface area contributed by atoms with Crippen molar-refractivity contribution in [2.24, 2.45) is 0 Å². The van der Waals surface area contributed by atoms with Gasteiger partial charge in [0.2, 0.25) is 5.82 Å². The van der Waals surface area contributed by atoms with Crippen molar-refractivity contribution >= 4 is 5.97 Å². The van der Waals surface area contributed by atoms with Gasteiger partial charge in [0, 0.05) is 12.0 Å². The number of aryl methyl sites for hydroxylation is 2. The van der Waals surface area contributed by atoms with Crippen molar-refractivity contribution in [1.29, 1.82) is 0 Å². The molecular weight excluding hydrogens is 304 g/mol. The third-order valence-electron chi connectivity index (χ3n) is 3.47. The highest BCUT2D eigenvalue weighted by Gasteiger charge is 2.08. The van der Waals surface area contributed by atoms with Crippen LogP contribution in [0.2, 0.25) is 0 Å². The molecule has 0 saturated heterocycles. The van der Waals surface area contributed by atoms with E-state index in [1.54, 1.807) is 6.07 Å². The molecule has 122 valence electrons. The lowest BCUT2D eigenvalue weighted by atomic mass is 10.1. The Labute approximate surface area is 140 Å². The minimum absolute atomic E-state index is 0.310. The molecule has 0 N–H and O–H groups in total. The molecule has 0 amide bonds. The van der Waals surface area contributed by atoms with Crippen LogP contribution >= 0.6 is 0 Å². The second kappa shape index (κ2) is 7.50. The van der Waals surface area contributed by atoms with E-state index in [2.05, 4.69) is 15.4 Å². The monoisotopic (exact) mass is 322 g/mol. The van der Waals surface area contributed by atoms with Crippen LogP contribution in [-0.4, -0.2) is 32.8 Å². The Morgan fingerprint density at radius 2 is 1.96 bits per heavy atom. The number of carbonyl (C=O) groups is 1. The molecule has 3 rings (SSSR count). The molecule has 1 aromatic heterocycles.